The summed E-state index contributed by atoms with van der Waals surface area (Å²) in [6.45, 7) is 4.28. The fraction of sp³-hybridized carbons (Fsp3) is 0.0294. The first-order valence-corrected chi connectivity index (χ1v) is 25.4. The molecule has 0 aliphatic rings. The summed E-state index contributed by atoms with van der Waals surface area (Å²) in [7, 11) is 0. The monoisotopic (exact) mass is 946 g/mol. The maximum atomic E-state index is 6.68. The van der Waals surface area contributed by atoms with E-state index < -0.39 is 0 Å². The second-order valence-electron chi connectivity index (χ2n) is 20.2. The van der Waals surface area contributed by atoms with Gasteiger partial charge in [0, 0.05) is 87.4 Å². The molecule has 6 heteroatoms. The molecule has 0 saturated carbocycles. The maximum absolute atomic E-state index is 6.68. The molecular formula is C68H42N4O2. The second-order valence-corrected chi connectivity index (χ2v) is 20.2. The van der Waals surface area contributed by atoms with Gasteiger partial charge in [0.1, 0.15) is 11.2 Å². The highest BCUT2D eigenvalue weighted by molar-refractivity contribution is 6.29. The summed E-state index contributed by atoms with van der Waals surface area (Å²) in [5, 5.41) is 14.3. The first-order chi connectivity index (χ1) is 36.5. The first-order valence-electron chi connectivity index (χ1n) is 25.4. The molecule has 0 aliphatic heterocycles. The minimum Gasteiger partial charge on any atom is -0.454 e. The van der Waals surface area contributed by atoms with Crippen LogP contribution in [0.15, 0.2) is 227 Å². The van der Waals surface area contributed by atoms with E-state index in [0.717, 1.165) is 78.0 Å². The number of anilines is 6. The highest BCUT2D eigenvalue weighted by Gasteiger charge is 2.26. The molecule has 0 aliphatic carbocycles. The molecule has 6 aromatic heterocycles. The van der Waals surface area contributed by atoms with Gasteiger partial charge in [0.25, 0.3) is 0 Å². The van der Waals surface area contributed by atoms with Crippen LogP contribution in [0.4, 0.5) is 34.1 Å². The number of hydrogen-bond donors (Lipinski definition) is 0. The van der Waals surface area contributed by atoms with Crippen LogP contribution in [0.3, 0.4) is 0 Å². The Labute approximate surface area is 423 Å². The first kappa shape index (κ1) is 39.9. The second kappa shape index (κ2) is 14.4. The van der Waals surface area contributed by atoms with Gasteiger partial charge < -0.3 is 27.4 Å². The molecular weight excluding hydrogens is 905 g/mol. The number of nitrogens with zero attached hydrogens (tertiary/aromatic N) is 4. The van der Waals surface area contributed by atoms with Crippen molar-refractivity contribution in [1.29, 1.82) is 0 Å². The Balaban J connectivity index is 0.860. The van der Waals surface area contributed by atoms with Crippen molar-refractivity contribution in [3.8, 4) is 0 Å². The maximum Gasteiger partial charge on any atom is 0.159 e. The lowest BCUT2D eigenvalue weighted by Gasteiger charge is -2.26. The van der Waals surface area contributed by atoms with Crippen LogP contribution in [-0.2, 0) is 0 Å². The lowest BCUT2D eigenvalue weighted by Crippen LogP contribution is -2.10. The summed E-state index contributed by atoms with van der Waals surface area (Å²) in [6, 6.07) is 79.8. The Kier molecular flexibility index (Phi) is 7.78. The minimum atomic E-state index is 0.873. The van der Waals surface area contributed by atoms with E-state index in [9.17, 15) is 0 Å². The van der Waals surface area contributed by atoms with Gasteiger partial charge >= 0.3 is 0 Å². The van der Waals surface area contributed by atoms with Crippen molar-refractivity contribution < 1.29 is 8.83 Å². The number of rotatable bonds is 6. The minimum absolute atomic E-state index is 0.873. The summed E-state index contributed by atoms with van der Waals surface area (Å²) in [5.74, 6) is 0. The van der Waals surface area contributed by atoms with E-state index >= 15 is 0 Å². The molecule has 17 aromatic rings. The zero-order valence-corrected chi connectivity index (χ0v) is 40.4. The highest BCUT2D eigenvalue weighted by Crippen LogP contribution is 2.49. The van der Waals surface area contributed by atoms with Crippen molar-refractivity contribution in [1.82, 2.24) is 8.80 Å². The third-order valence-corrected chi connectivity index (χ3v) is 16.1. The molecule has 0 amide bonds. The summed E-state index contributed by atoms with van der Waals surface area (Å²) in [5.41, 5.74) is 19.5. The van der Waals surface area contributed by atoms with Gasteiger partial charge in [-0.1, -0.05) is 132 Å². The normalized spacial score (nSPS) is 12.5. The SMILES string of the molecule is Cc1ccc(N(c2ccc3c(c2)c2cccc4c5cc6c(cc5n3c24)c2cccc3c4cc(N(c5ccc(C)cc5)c5cccc7c5oc5ccccc57)ccc4n6c32)c2cccc3c2oc2ccccc23)cc1. The van der Waals surface area contributed by atoms with E-state index in [0.29, 0.717) is 0 Å². The van der Waals surface area contributed by atoms with Crippen LogP contribution in [0.2, 0.25) is 0 Å². The molecule has 0 unspecified atom stereocenters. The number of aryl methyl sites for hydroxylation is 2. The zero-order valence-electron chi connectivity index (χ0n) is 40.4. The highest BCUT2D eigenvalue weighted by atomic mass is 16.3. The molecule has 0 N–H and O–H groups in total. The van der Waals surface area contributed by atoms with Gasteiger partial charge in [-0.3, -0.25) is 0 Å². The molecule has 0 fully saturated rings. The Morgan fingerprint density at radius 3 is 1.07 bits per heavy atom. The topological polar surface area (TPSA) is 41.6 Å². The van der Waals surface area contributed by atoms with Gasteiger partial charge in [-0.15, -0.1) is 0 Å². The number of furan rings is 2. The van der Waals surface area contributed by atoms with Crippen LogP contribution >= 0.6 is 0 Å². The third-order valence-electron chi connectivity index (χ3n) is 16.1. The molecule has 0 atom stereocenters. The number of aromatic nitrogens is 2. The molecule has 0 bridgehead atoms. The predicted octanol–water partition coefficient (Wildman–Crippen LogP) is 19.3. The molecule has 6 nitrogen and oxygen atoms in total. The average Bonchev–Trinajstić information content (AvgIpc) is 4.32. The summed E-state index contributed by atoms with van der Waals surface area (Å²) >= 11 is 0. The number of fused-ring (bicyclic) bond motifs is 18. The van der Waals surface area contributed by atoms with E-state index in [4.69, 9.17) is 8.83 Å². The van der Waals surface area contributed by atoms with Gasteiger partial charge in [0.2, 0.25) is 0 Å². The molecule has 346 valence electrons. The summed E-state index contributed by atoms with van der Waals surface area (Å²) < 4.78 is 18.4. The number of hydrogen-bond acceptors (Lipinski definition) is 4. The Bertz CT molecular complexity index is 4840. The van der Waals surface area contributed by atoms with E-state index in [1.54, 1.807) is 0 Å². The van der Waals surface area contributed by atoms with E-state index in [2.05, 4.69) is 239 Å². The molecule has 11 aromatic carbocycles. The average molecular weight is 947 g/mol. The summed E-state index contributed by atoms with van der Waals surface area (Å²) in [6.07, 6.45) is 0. The van der Waals surface area contributed by atoms with Crippen molar-refractivity contribution in [2.45, 2.75) is 13.8 Å². The van der Waals surface area contributed by atoms with Crippen molar-refractivity contribution in [2.75, 3.05) is 9.80 Å². The van der Waals surface area contributed by atoms with Crippen LogP contribution in [0.25, 0.3) is 120 Å². The van der Waals surface area contributed by atoms with Gasteiger partial charge in [-0.25, -0.2) is 0 Å². The van der Waals surface area contributed by atoms with Crippen LogP contribution in [-0.4, -0.2) is 8.80 Å². The molecule has 6 heterocycles. The number of para-hydroxylation sites is 6. The fourth-order valence-corrected chi connectivity index (χ4v) is 12.8. The summed E-state index contributed by atoms with van der Waals surface area (Å²) in [4.78, 5) is 4.71. The molecule has 17 rings (SSSR count). The smallest absolute Gasteiger partial charge is 0.159 e. The van der Waals surface area contributed by atoms with Crippen molar-refractivity contribution >= 4 is 154 Å². The lowest BCUT2D eigenvalue weighted by atomic mass is 10.0. The van der Waals surface area contributed by atoms with Crippen LogP contribution in [0.1, 0.15) is 11.1 Å². The van der Waals surface area contributed by atoms with Crippen molar-refractivity contribution in [2.24, 2.45) is 0 Å². The van der Waals surface area contributed by atoms with Gasteiger partial charge in [-0.2, -0.15) is 0 Å². The van der Waals surface area contributed by atoms with E-state index in [1.807, 2.05) is 12.1 Å². The standard InChI is InChI=1S/C68H42N4O2/c1-39-23-27-41(28-24-39)69(59-19-9-17-51-45-11-3-5-21-63(45)73-67(51)59)43-31-33-57-53(35-43)47-13-7-15-49-55-38-62-56(37-61(55)71(57)65(47)49)50-16-8-14-48-54-36-44(32-34-58(54)72(62)66(48)50)70(42-29-25-40(2)26-30-42)60-20-10-18-52-46-12-4-6-22-64(46)74-68(52)60/h3-38H,1-2H3. The lowest BCUT2D eigenvalue weighted by molar-refractivity contribution is 0.668. The van der Waals surface area contributed by atoms with Crippen LogP contribution < -0.4 is 9.80 Å². The van der Waals surface area contributed by atoms with Crippen molar-refractivity contribution in [3.63, 3.8) is 0 Å². The third kappa shape index (κ3) is 5.28. The fourth-order valence-electron chi connectivity index (χ4n) is 12.8. The van der Waals surface area contributed by atoms with Crippen molar-refractivity contribution in [3.05, 3.63) is 230 Å². The number of benzene rings is 11. The predicted molar refractivity (Wildman–Crippen MR) is 309 cm³/mol. The van der Waals surface area contributed by atoms with Gasteiger partial charge in [0.15, 0.2) is 11.2 Å². The Morgan fingerprint density at radius 2 is 0.635 bits per heavy atom. The quantitative estimate of drug-likeness (QED) is 0.167. The Hall–Kier alpha value is -9.78. The van der Waals surface area contributed by atoms with Crippen LogP contribution in [0.5, 0.6) is 0 Å². The largest absolute Gasteiger partial charge is 0.454 e. The van der Waals surface area contributed by atoms with Gasteiger partial charge in [-0.05, 0) is 111 Å². The molecule has 0 spiro atoms. The van der Waals surface area contributed by atoms with Gasteiger partial charge in [0.05, 0.1) is 44.5 Å². The van der Waals surface area contributed by atoms with E-state index in [-0.39, 0.29) is 0 Å². The zero-order chi connectivity index (χ0) is 48.5. The molecule has 74 heavy (non-hydrogen) atoms. The van der Waals surface area contributed by atoms with Crippen LogP contribution in [0, 0.1) is 13.8 Å². The molecule has 0 saturated heterocycles. The van der Waals surface area contributed by atoms with E-state index in [1.165, 1.54) is 87.3 Å². The Morgan fingerprint density at radius 1 is 0.284 bits per heavy atom. The molecule has 0 radical (unpaired) electrons.